The molecule has 0 radical (unpaired) electrons. The average molecular weight is 224 g/mol. The molecule has 2 atom stereocenters. The molecule has 0 aromatic heterocycles. The molecule has 84 valence electrons. The quantitative estimate of drug-likeness (QED) is 0.517. The summed E-state index contributed by atoms with van der Waals surface area (Å²) >= 11 is 0. The smallest absolute Gasteiger partial charge is 0.159 e. The van der Waals surface area contributed by atoms with Crippen LogP contribution in [-0.2, 0) is 14.6 Å². The van der Waals surface area contributed by atoms with E-state index in [9.17, 15) is 13.5 Å². The Kier molecular flexibility index (Phi) is 4.31. The number of aliphatic hydroxyl groups excluding tert-OH is 1. The summed E-state index contributed by atoms with van der Waals surface area (Å²) in [6, 6.07) is -0.183. The number of hydrogen-bond acceptors (Lipinski definition) is 4. The molecule has 3 N–H and O–H groups in total. The van der Waals surface area contributed by atoms with Crippen molar-refractivity contribution < 1.29 is 23.6 Å². The molecule has 1 fully saturated rings. The van der Waals surface area contributed by atoms with E-state index in [2.05, 4.69) is 0 Å². The molecule has 1 aliphatic rings. The summed E-state index contributed by atoms with van der Waals surface area (Å²) in [5, 5.41) is 11.3. The van der Waals surface area contributed by atoms with E-state index in [1.807, 2.05) is 5.32 Å². The minimum Gasteiger partial charge on any atom is -0.386 e. The van der Waals surface area contributed by atoms with Crippen LogP contribution in [0, 0.1) is 0 Å². The standard InChI is InChI=1S/C8H17NO4S/c1-13-4-2-3-9-7-5-14(11,12)6-8(7)10/h7-10H,2-6H2,1H3/p+1/t7-,8-/m0/s1. The highest BCUT2D eigenvalue weighted by Crippen LogP contribution is 2.08. The number of quaternary nitrogens is 1. The average Bonchev–Trinajstić information content (AvgIpc) is 2.34. The largest absolute Gasteiger partial charge is 0.386 e. The zero-order valence-corrected chi connectivity index (χ0v) is 9.16. The maximum Gasteiger partial charge on any atom is 0.159 e. The second kappa shape index (κ2) is 5.06. The first kappa shape index (κ1) is 11.9. The predicted molar refractivity (Wildman–Crippen MR) is 51.7 cm³/mol. The number of nitrogens with two attached hydrogens (primary N) is 1. The molecule has 0 unspecified atom stereocenters. The van der Waals surface area contributed by atoms with Crippen molar-refractivity contribution >= 4 is 9.84 Å². The van der Waals surface area contributed by atoms with Gasteiger partial charge in [-0.1, -0.05) is 0 Å². The molecular formula is C8H18NO4S+. The van der Waals surface area contributed by atoms with Crippen LogP contribution in [0.15, 0.2) is 0 Å². The third kappa shape index (κ3) is 3.53. The number of methoxy groups -OCH3 is 1. The third-order valence-electron chi connectivity index (χ3n) is 2.39. The number of rotatable bonds is 5. The molecule has 5 nitrogen and oxygen atoms in total. The fraction of sp³-hybridized carbons (Fsp3) is 1.00. The molecule has 0 saturated carbocycles. The number of sulfone groups is 1. The van der Waals surface area contributed by atoms with Gasteiger partial charge in [0, 0.05) is 13.5 Å². The molecule has 1 rings (SSSR count). The van der Waals surface area contributed by atoms with Crippen molar-refractivity contribution in [3.63, 3.8) is 0 Å². The maximum atomic E-state index is 11.1. The molecular weight excluding hydrogens is 206 g/mol. The summed E-state index contributed by atoms with van der Waals surface area (Å²) < 4.78 is 27.1. The summed E-state index contributed by atoms with van der Waals surface area (Å²) in [7, 11) is -1.37. The van der Waals surface area contributed by atoms with E-state index in [1.54, 1.807) is 7.11 Å². The molecule has 0 aliphatic carbocycles. The molecule has 1 heterocycles. The number of ether oxygens (including phenoxy) is 1. The first-order valence-electron chi connectivity index (χ1n) is 4.76. The van der Waals surface area contributed by atoms with Crippen molar-refractivity contribution in [1.82, 2.24) is 0 Å². The monoisotopic (exact) mass is 224 g/mol. The van der Waals surface area contributed by atoms with Gasteiger partial charge in [-0.3, -0.25) is 0 Å². The molecule has 14 heavy (non-hydrogen) atoms. The Balaban J connectivity index is 2.25. The minimum absolute atomic E-state index is 0.0849. The summed E-state index contributed by atoms with van der Waals surface area (Å²) in [6.07, 6.45) is 0.169. The van der Waals surface area contributed by atoms with E-state index >= 15 is 0 Å². The van der Waals surface area contributed by atoms with Crippen molar-refractivity contribution in [2.45, 2.75) is 18.6 Å². The fourth-order valence-electron chi connectivity index (χ4n) is 1.64. The lowest BCUT2D eigenvalue weighted by Gasteiger charge is -2.10. The van der Waals surface area contributed by atoms with E-state index in [0.29, 0.717) is 6.61 Å². The SMILES string of the molecule is COCCC[NH2+][C@H]1CS(=O)(=O)C[C@@H]1O. The van der Waals surface area contributed by atoms with Crippen LogP contribution in [0.3, 0.4) is 0 Å². The Morgan fingerprint density at radius 1 is 1.50 bits per heavy atom. The molecule has 6 heteroatoms. The van der Waals surface area contributed by atoms with Gasteiger partial charge in [0.15, 0.2) is 9.84 Å². The Hall–Kier alpha value is -0.170. The lowest BCUT2D eigenvalue weighted by atomic mass is 10.2. The van der Waals surface area contributed by atoms with Crippen molar-refractivity contribution in [1.29, 1.82) is 0 Å². The first-order chi connectivity index (χ1) is 6.55. The normalized spacial score (nSPS) is 30.7. The van der Waals surface area contributed by atoms with Crippen LogP contribution in [0.5, 0.6) is 0 Å². The second-order valence-electron chi connectivity index (χ2n) is 3.68. The first-order valence-corrected chi connectivity index (χ1v) is 6.58. The molecule has 0 aromatic carbocycles. The highest BCUT2D eigenvalue weighted by atomic mass is 32.2. The Bertz CT molecular complexity index is 265. The Morgan fingerprint density at radius 3 is 2.71 bits per heavy atom. The zero-order valence-electron chi connectivity index (χ0n) is 8.35. The van der Waals surface area contributed by atoms with Crippen LogP contribution >= 0.6 is 0 Å². The third-order valence-corrected chi connectivity index (χ3v) is 4.13. The van der Waals surface area contributed by atoms with Crippen molar-refractivity contribution in [2.24, 2.45) is 0 Å². The summed E-state index contributed by atoms with van der Waals surface area (Å²) in [4.78, 5) is 0. The topological polar surface area (TPSA) is 80.2 Å². The van der Waals surface area contributed by atoms with Gasteiger partial charge in [0.05, 0.1) is 18.9 Å². The van der Waals surface area contributed by atoms with Gasteiger partial charge in [-0.2, -0.15) is 0 Å². The van der Waals surface area contributed by atoms with E-state index in [1.165, 1.54) is 0 Å². The minimum atomic E-state index is -3.00. The van der Waals surface area contributed by atoms with E-state index in [-0.39, 0.29) is 17.5 Å². The van der Waals surface area contributed by atoms with Gasteiger partial charge in [0.25, 0.3) is 0 Å². The van der Waals surface area contributed by atoms with Gasteiger partial charge in [-0.15, -0.1) is 0 Å². The molecule has 0 bridgehead atoms. The molecule has 1 saturated heterocycles. The Morgan fingerprint density at radius 2 is 2.21 bits per heavy atom. The van der Waals surface area contributed by atoms with Gasteiger partial charge in [0.1, 0.15) is 17.9 Å². The summed E-state index contributed by atoms with van der Waals surface area (Å²) in [5.74, 6) is 0.0135. The maximum absolute atomic E-state index is 11.1. The second-order valence-corrected chi connectivity index (χ2v) is 5.83. The van der Waals surface area contributed by atoms with Crippen LogP contribution < -0.4 is 5.32 Å². The number of hydrogen-bond donors (Lipinski definition) is 2. The van der Waals surface area contributed by atoms with Crippen molar-refractivity contribution in [2.75, 3.05) is 31.8 Å². The van der Waals surface area contributed by atoms with E-state index in [4.69, 9.17) is 4.74 Å². The molecule has 0 aromatic rings. The van der Waals surface area contributed by atoms with Crippen molar-refractivity contribution in [3.05, 3.63) is 0 Å². The Labute approximate surface area is 84.4 Å². The highest BCUT2D eigenvalue weighted by molar-refractivity contribution is 7.91. The molecule has 0 amide bonds. The van der Waals surface area contributed by atoms with Gasteiger partial charge in [-0.05, 0) is 0 Å². The van der Waals surface area contributed by atoms with Crippen LogP contribution in [0.1, 0.15) is 6.42 Å². The van der Waals surface area contributed by atoms with Gasteiger partial charge >= 0.3 is 0 Å². The summed E-state index contributed by atoms with van der Waals surface area (Å²) in [5.41, 5.74) is 0. The lowest BCUT2D eigenvalue weighted by Crippen LogP contribution is -2.92. The van der Waals surface area contributed by atoms with E-state index < -0.39 is 15.9 Å². The molecule has 0 spiro atoms. The van der Waals surface area contributed by atoms with Gasteiger partial charge < -0.3 is 15.2 Å². The van der Waals surface area contributed by atoms with Crippen LogP contribution in [0.4, 0.5) is 0 Å². The summed E-state index contributed by atoms with van der Waals surface area (Å²) in [6.45, 7) is 1.47. The highest BCUT2D eigenvalue weighted by Gasteiger charge is 2.38. The van der Waals surface area contributed by atoms with Crippen LogP contribution in [0.25, 0.3) is 0 Å². The van der Waals surface area contributed by atoms with Gasteiger partial charge in [-0.25, -0.2) is 8.42 Å². The molecule has 1 aliphatic heterocycles. The van der Waals surface area contributed by atoms with Gasteiger partial charge in [0.2, 0.25) is 0 Å². The van der Waals surface area contributed by atoms with E-state index in [0.717, 1.165) is 13.0 Å². The van der Waals surface area contributed by atoms with Crippen LogP contribution in [-0.4, -0.2) is 57.4 Å². The van der Waals surface area contributed by atoms with Crippen LogP contribution in [0.2, 0.25) is 0 Å². The van der Waals surface area contributed by atoms with Crippen molar-refractivity contribution in [3.8, 4) is 0 Å². The fourth-order valence-corrected chi connectivity index (χ4v) is 3.49. The number of aliphatic hydroxyl groups is 1. The predicted octanol–water partition coefficient (Wildman–Crippen LogP) is -2.26. The zero-order chi connectivity index (χ0) is 10.6. The lowest BCUT2D eigenvalue weighted by molar-refractivity contribution is -0.690.